The maximum atomic E-state index is 12.5. The predicted octanol–water partition coefficient (Wildman–Crippen LogP) is 4.40. The molecule has 0 aliphatic carbocycles. The number of allylic oxidation sites excluding steroid dienone is 2. The maximum absolute atomic E-state index is 12.5. The number of hydrogen-bond donors (Lipinski definition) is 2. The highest BCUT2D eigenvalue weighted by Crippen LogP contribution is 2.44. The standard InChI is InChI=1S/C22H19NO5S/c1-13-20(28-22(25)26)18(19-16(23-13)11-27-21(19)24)15-9-5-6-10-17(15)29-12-14-7-3-2-4-8-14/h2-10,18,23H,11-12H2,1H3,(H,25,26). The number of hydrogen-bond acceptors (Lipinski definition) is 6. The van der Waals surface area contributed by atoms with E-state index in [-0.39, 0.29) is 12.4 Å². The van der Waals surface area contributed by atoms with Crippen molar-refractivity contribution in [2.45, 2.75) is 23.5 Å². The van der Waals surface area contributed by atoms with Crippen LogP contribution in [0.15, 0.2) is 82.2 Å². The molecule has 148 valence electrons. The molecule has 2 aromatic carbocycles. The van der Waals surface area contributed by atoms with Crippen molar-refractivity contribution in [3.05, 3.63) is 88.5 Å². The SMILES string of the molecule is CC1=C(OC(=O)O)C(c2ccccc2SCc2ccccc2)C2=C(COC2=O)N1. The number of esters is 1. The zero-order chi connectivity index (χ0) is 20.4. The summed E-state index contributed by atoms with van der Waals surface area (Å²) in [5.74, 6) is -0.157. The van der Waals surface area contributed by atoms with Gasteiger partial charge in [0.1, 0.15) is 12.4 Å². The van der Waals surface area contributed by atoms with Crippen molar-refractivity contribution in [1.82, 2.24) is 5.32 Å². The van der Waals surface area contributed by atoms with E-state index in [4.69, 9.17) is 9.47 Å². The van der Waals surface area contributed by atoms with Crippen LogP contribution in [0.5, 0.6) is 0 Å². The fourth-order valence-corrected chi connectivity index (χ4v) is 4.60. The van der Waals surface area contributed by atoms with Crippen molar-refractivity contribution in [1.29, 1.82) is 0 Å². The number of benzene rings is 2. The summed E-state index contributed by atoms with van der Waals surface area (Å²) in [6, 6.07) is 17.7. The van der Waals surface area contributed by atoms with Crippen molar-refractivity contribution in [2.24, 2.45) is 0 Å². The van der Waals surface area contributed by atoms with Gasteiger partial charge in [0.15, 0.2) is 0 Å². The van der Waals surface area contributed by atoms with Gasteiger partial charge in [-0.05, 0) is 24.1 Å². The molecule has 2 N–H and O–H groups in total. The molecule has 2 aliphatic rings. The second-order valence-corrected chi connectivity index (χ2v) is 7.71. The Morgan fingerprint density at radius 1 is 1.21 bits per heavy atom. The highest BCUT2D eigenvalue weighted by molar-refractivity contribution is 7.98. The number of cyclic esters (lactones) is 1. The van der Waals surface area contributed by atoms with E-state index in [1.807, 2.05) is 42.5 Å². The molecule has 7 heteroatoms. The summed E-state index contributed by atoms with van der Waals surface area (Å²) in [6.07, 6.45) is -1.42. The Kier molecular flexibility index (Phi) is 5.31. The van der Waals surface area contributed by atoms with Crippen LogP contribution in [0.25, 0.3) is 0 Å². The Balaban J connectivity index is 1.75. The highest BCUT2D eigenvalue weighted by Gasteiger charge is 2.41. The summed E-state index contributed by atoms with van der Waals surface area (Å²) in [7, 11) is 0. The Hall–Kier alpha value is -3.19. The molecule has 0 saturated heterocycles. The molecule has 29 heavy (non-hydrogen) atoms. The van der Waals surface area contributed by atoms with Gasteiger partial charge in [-0.3, -0.25) is 0 Å². The molecule has 0 spiro atoms. The number of thioether (sulfide) groups is 1. The number of nitrogens with one attached hydrogen (secondary N) is 1. The third-order valence-electron chi connectivity index (χ3n) is 4.82. The van der Waals surface area contributed by atoms with Gasteiger partial charge in [0, 0.05) is 10.6 Å². The van der Waals surface area contributed by atoms with E-state index in [1.165, 1.54) is 5.56 Å². The number of carbonyl (C=O) groups excluding carboxylic acids is 1. The number of rotatable bonds is 5. The van der Waals surface area contributed by atoms with Gasteiger partial charge in [0.05, 0.1) is 22.9 Å². The molecule has 1 unspecified atom stereocenters. The number of dihydropyridines is 1. The van der Waals surface area contributed by atoms with Crippen LogP contribution in [0.3, 0.4) is 0 Å². The second-order valence-electron chi connectivity index (χ2n) is 6.70. The van der Waals surface area contributed by atoms with Crippen LogP contribution < -0.4 is 5.32 Å². The summed E-state index contributed by atoms with van der Waals surface area (Å²) in [4.78, 5) is 24.8. The van der Waals surface area contributed by atoms with Gasteiger partial charge in [-0.15, -0.1) is 11.8 Å². The molecular weight excluding hydrogens is 390 g/mol. The minimum Gasteiger partial charge on any atom is -0.456 e. The molecular formula is C22H19NO5S. The van der Waals surface area contributed by atoms with E-state index in [0.29, 0.717) is 17.0 Å². The molecule has 0 bridgehead atoms. The van der Waals surface area contributed by atoms with Crippen molar-refractivity contribution >= 4 is 23.9 Å². The van der Waals surface area contributed by atoms with Crippen LogP contribution >= 0.6 is 11.8 Å². The number of ether oxygens (including phenoxy) is 2. The predicted molar refractivity (Wildman–Crippen MR) is 108 cm³/mol. The monoisotopic (exact) mass is 409 g/mol. The van der Waals surface area contributed by atoms with Crippen LogP contribution in [-0.4, -0.2) is 23.8 Å². The average Bonchev–Trinajstić information content (AvgIpc) is 3.08. The Bertz CT molecular complexity index is 1030. The molecule has 0 amide bonds. The quantitative estimate of drug-likeness (QED) is 0.559. The Morgan fingerprint density at radius 2 is 1.93 bits per heavy atom. The van der Waals surface area contributed by atoms with E-state index in [2.05, 4.69) is 17.4 Å². The smallest absolute Gasteiger partial charge is 0.456 e. The largest absolute Gasteiger partial charge is 0.511 e. The lowest BCUT2D eigenvalue weighted by molar-refractivity contribution is -0.136. The van der Waals surface area contributed by atoms with Crippen molar-refractivity contribution < 1.29 is 24.2 Å². The van der Waals surface area contributed by atoms with E-state index in [1.54, 1.807) is 18.7 Å². The zero-order valence-electron chi connectivity index (χ0n) is 15.7. The summed E-state index contributed by atoms with van der Waals surface area (Å²) in [5.41, 5.74) is 3.60. The Labute approximate surface area is 172 Å². The van der Waals surface area contributed by atoms with Crippen LogP contribution in [0, 0.1) is 0 Å². The molecule has 2 aromatic rings. The maximum Gasteiger partial charge on any atom is 0.511 e. The molecule has 2 heterocycles. The van der Waals surface area contributed by atoms with Crippen LogP contribution in [0.4, 0.5) is 4.79 Å². The van der Waals surface area contributed by atoms with Gasteiger partial charge in [-0.1, -0.05) is 48.5 Å². The van der Waals surface area contributed by atoms with E-state index in [9.17, 15) is 14.7 Å². The summed E-state index contributed by atoms with van der Waals surface area (Å²) in [6.45, 7) is 1.87. The van der Waals surface area contributed by atoms with Crippen LogP contribution in [0.2, 0.25) is 0 Å². The third kappa shape index (κ3) is 3.86. The lowest BCUT2D eigenvalue weighted by Crippen LogP contribution is -2.28. The fourth-order valence-electron chi connectivity index (χ4n) is 3.56. The van der Waals surface area contributed by atoms with Gasteiger partial charge in [0.25, 0.3) is 0 Å². The van der Waals surface area contributed by atoms with E-state index in [0.717, 1.165) is 16.2 Å². The first-order valence-corrected chi connectivity index (χ1v) is 10.1. The molecule has 6 nitrogen and oxygen atoms in total. The van der Waals surface area contributed by atoms with Gasteiger partial charge in [0.2, 0.25) is 0 Å². The first-order valence-electron chi connectivity index (χ1n) is 9.09. The molecule has 0 saturated carbocycles. The molecule has 1 atom stereocenters. The molecule has 4 rings (SSSR count). The van der Waals surface area contributed by atoms with Crippen LogP contribution in [-0.2, 0) is 20.0 Å². The van der Waals surface area contributed by atoms with E-state index < -0.39 is 18.0 Å². The molecule has 2 aliphatic heterocycles. The lowest BCUT2D eigenvalue weighted by Gasteiger charge is -2.28. The van der Waals surface area contributed by atoms with Crippen molar-refractivity contribution in [2.75, 3.05) is 6.61 Å². The Morgan fingerprint density at radius 3 is 2.69 bits per heavy atom. The van der Waals surface area contributed by atoms with Crippen molar-refractivity contribution in [3.8, 4) is 0 Å². The summed E-state index contributed by atoms with van der Waals surface area (Å²) in [5, 5.41) is 12.3. The topological polar surface area (TPSA) is 84.9 Å². The third-order valence-corrected chi connectivity index (χ3v) is 5.98. The first-order chi connectivity index (χ1) is 14.0. The molecule has 0 radical (unpaired) electrons. The lowest BCUT2D eigenvalue weighted by atomic mass is 9.85. The number of carbonyl (C=O) groups is 2. The second kappa shape index (κ2) is 8.05. The van der Waals surface area contributed by atoms with Gasteiger partial charge >= 0.3 is 12.1 Å². The summed E-state index contributed by atoms with van der Waals surface area (Å²) < 4.78 is 10.3. The minimum atomic E-state index is -1.42. The fraction of sp³-hybridized carbons (Fsp3) is 0.182. The minimum absolute atomic E-state index is 0.141. The van der Waals surface area contributed by atoms with Crippen LogP contribution in [0.1, 0.15) is 24.0 Å². The van der Waals surface area contributed by atoms with Gasteiger partial charge in [-0.25, -0.2) is 9.59 Å². The van der Waals surface area contributed by atoms with Gasteiger partial charge < -0.3 is 19.9 Å². The average molecular weight is 409 g/mol. The summed E-state index contributed by atoms with van der Waals surface area (Å²) >= 11 is 1.63. The molecule has 0 fully saturated rings. The van der Waals surface area contributed by atoms with Gasteiger partial charge in [-0.2, -0.15) is 0 Å². The zero-order valence-corrected chi connectivity index (χ0v) is 16.5. The molecule has 0 aromatic heterocycles. The normalized spacial score (nSPS) is 18.2. The first kappa shape index (κ1) is 19.1. The number of carboxylic acid groups (broad SMARTS) is 1. The highest BCUT2D eigenvalue weighted by atomic mass is 32.2. The van der Waals surface area contributed by atoms with E-state index >= 15 is 0 Å². The van der Waals surface area contributed by atoms with Crippen molar-refractivity contribution in [3.63, 3.8) is 0 Å².